The van der Waals surface area contributed by atoms with Crippen molar-refractivity contribution < 1.29 is 14.2 Å². The van der Waals surface area contributed by atoms with E-state index < -0.39 is 0 Å². The molecule has 0 N–H and O–H groups in total. The Kier molecular flexibility index (Phi) is 15.6. The summed E-state index contributed by atoms with van der Waals surface area (Å²) >= 11 is 0. The van der Waals surface area contributed by atoms with Gasteiger partial charge in [0.15, 0.2) is 0 Å². The maximum absolute atomic E-state index is 5.78. The highest BCUT2D eigenvalue weighted by Crippen LogP contribution is 2.32. The van der Waals surface area contributed by atoms with Crippen molar-refractivity contribution in [1.29, 1.82) is 0 Å². The van der Waals surface area contributed by atoms with Gasteiger partial charge in [0.2, 0.25) is 17.8 Å². The summed E-state index contributed by atoms with van der Waals surface area (Å²) < 4.78 is 16.8. The first kappa shape index (κ1) is 39.3. The molecule has 6 saturated heterocycles. The number of morpholine rings is 3. The number of aromatic nitrogens is 6. The molecule has 50 heavy (non-hydrogen) atoms. The molecule has 0 spiro atoms. The average molecular weight is 692 g/mol. The van der Waals surface area contributed by atoms with E-state index in [1.54, 1.807) is 0 Å². The van der Waals surface area contributed by atoms with Crippen molar-refractivity contribution >= 4 is 17.8 Å². The number of anilines is 3. The van der Waals surface area contributed by atoms with Crippen LogP contribution in [0.3, 0.4) is 0 Å². The third kappa shape index (κ3) is 10.1. The summed E-state index contributed by atoms with van der Waals surface area (Å²) in [5.41, 5.74) is 3.32. The fraction of sp³-hybridized carbons (Fsp3) is 0.684. The molecule has 0 amide bonds. The molecule has 9 rings (SSSR count). The molecule has 0 aromatic carbocycles. The van der Waals surface area contributed by atoms with Gasteiger partial charge in [-0.1, -0.05) is 41.5 Å². The van der Waals surface area contributed by atoms with Crippen LogP contribution in [0.4, 0.5) is 17.8 Å². The first-order valence-electron chi connectivity index (χ1n) is 19.0. The summed E-state index contributed by atoms with van der Waals surface area (Å²) in [7, 11) is 0. The molecule has 6 aliphatic heterocycles. The zero-order valence-electron chi connectivity index (χ0n) is 32.0. The van der Waals surface area contributed by atoms with Gasteiger partial charge in [0, 0.05) is 56.8 Å². The number of rotatable bonds is 3. The van der Waals surface area contributed by atoms with Gasteiger partial charge in [-0.05, 0) is 69.6 Å². The SMILES string of the molecule is CC.CC.CC.Cc1cnc(N2C3CCC2COC3)nc1.Cc1cnc(N2CC3CC2CO3)nc1.Cc1cnc(N2CC3CCC(C2)O3)nc1. The molecule has 9 heterocycles. The Balaban J connectivity index is 0.000000157. The van der Waals surface area contributed by atoms with Gasteiger partial charge >= 0.3 is 0 Å². The predicted octanol–water partition coefficient (Wildman–Crippen LogP) is 6.15. The molecule has 6 atom stereocenters. The average Bonchev–Trinajstić information content (AvgIpc) is 3.95. The molecule has 6 unspecified atom stereocenters. The minimum absolute atomic E-state index is 0.397. The summed E-state index contributed by atoms with van der Waals surface area (Å²) in [5, 5.41) is 0. The number of fused-ring (bicyclic) bond motifs is 6. The Bertz CT molecular complexity index is 1350. The molecule has 0 saturated carbocycles. The largest absolute Gasteiger partial charge is 0.377 e. The van der Waals surface area contributed by atoms with E-state index in [4.69, 9.17) is 14.2 Å². The Morgan fingerprint density at radius 3 is 1.42 bits per heavy atom. The van der Waals surface area contributed by atoms with Crippen LogP contribution in [0.1, 0.15) is 90.3 Å². The van der Waals surface area contributed by atoms with Crippen LogP contribution in [0.5, 0.6) is 0 Å². The van der Waals surface area contributed by atoms with Crippen LogP contribution in [0, 0.1) is 20.8 Å². The van der Waals surface area contributed by atoms with Gasteiger partial charge in [0.25, 0.3) is 0 Å². The highest BCUT2D eigenvalue weighted by Gasteiger charge is 2.40. The van der Waals surface area contributed by atoms with Crippen molar-refractivity contribution in [2.24, 2.45) is 0 Å². The maximum atomic E-state index is 5.78. The van der Waals surface area contributed by atoms with Gasteiger partial charge < -0.3 is 28.9 Å². The smallest absolute Gasteiger partial charge is 0.225 e. The zero-order valence-corrected chi connectivity index (χ0v) is 32.0. The minimum Gasteiger partial charge on any atom is -0.377 e. The van der Waals surface area contributed by atoms with Crippen LogP contribution in [0.2, 0.25) is 0 Å². The standard InChI is InChI=1S/2C11H15N3O.C10H13N3O.3C2H6/c1-8-4-12-11(13-5-8)14-9-2-3-10(14)7-15-6-9;1-8-4-12-11(13-5-8)14-6-9-2-3-10(7-14)15-9;1-7-3-11-10(12-4-7)13-5-9-2-8(13)6-14-9;3*1-2/h2*4-5,9-10H,2-3,6-7H2,1H3;3-4,8-9H,2,5-6H2,1H3;3*1-2H3. The van der Waals surface area contributed by atoms with Crippen molar-refractivity contribution in [1.82, 2.24) is 29.9 Å². The Labute approximate surface area is 300 Å². The van der Waals surface area contributed by atoms with Crippen molar-refractivity contribution in [3.05, 3.63) is 53.9 Å². The van der Waals surface area contributed by atoms with E-state index in [-0.39, 0.29) is 0 Å². The molecule has 0 aliphatic carbocycles. The maximum Gasteiger partial charge on any atom is 0.225 e. The fourth-order valence-electron chi connectivity index (χ4n) is 6.98. The third-order valence-corrected chi connectivity index (χ3v) is 9.26. The Hall–Kier alpha value is -3.48. The van der Waals surface area contributed by atoms with Gasteiger partial charge in [0.05, 0.1) is 56.3 Å². The lowest BCUT2D eigenvalue weighted by molar-refractivity contribution is 0.0299. The van der Waals surface area contributed by atoms with Crippen LogP contribution in [-0.4, -0.2) is 106 Å². The highest BCUT2D eigenvalue weighted by atomic mass is 16.5. The first-order valence-corrected chi connectivity index (χ1v) is 19.0. The second-order valence-corrected chi connectivity index (χ2v) is 12.9. The molecule has 6 aliphatic rings. The summed E-state index contributed by atoms with van der Waals surface area (Å²) in [6.45, 7) is 23.4. The van der Waals surface area contributed by atoms with E-state index in [1.807, 2.05) is 99.5 Å². The summed E-state index contributed by atoms with van der Waals surface area (Å²) in [5.74, 6) is 2.57. The lowest BCUT2D eigenvalue weighted by Crippen LogP contribution is -2.46. The molecule has 276 valence electrons. The van der Waals surface area contributed by atoms with E-state index in [2.05, 4.69) is 44.6 Å². The van der Waals surface area contributed by atoms with Crippen molar-refractivity contribution in [3.63, 3.8) is 0 Å². The number of aryl methyl sites for hydroxylation is 3. The van der Waals surface area contributed by atoms with Crippen molar-refractivity contribution in [3.8, 4) is 0 Å². The molecule has 6 fully saturated rings. The second kappa shape index (κ2) is 19.8. The normalized spacial score (nSPS) is 26.5. The lowest BCUT2D eigenvalue weighted by Gasteiger charge is -2.34. The van der Waals surface area contributed by atoms with Crippen LogP contribution < -0.4 is 14.7 Å². The van der Waals surface area contributed by atoms with Gasteiger partial charge in [-0.2, -0.15) is 0 Å². The minimum atomic E-state index is 0.397. The molecular formula is C38H61N9O3. The van der Waals surface area contributed by atoms with Crippen molar-refractivity contribution in [2.45, 2.75) is 131 Å². The van der Waals surface area contributed by atoms with E-state index >= 15 is 0 Å². The van der Waals surface area contributed by atoms with Gasteiger partial charge in [-0.25, -0.2) is 29.9 Å². The molecule has 12 nitrogen and oxygen atoms in total. The zero-order chi connectivity index (χ0) is 36.0. The molecule has 6 bridgehead atoms. The van der Waals surface area contributed by atoms with Crippen LogP contribution in [0.15, 0.2) is 37.2 Å². The predicted molar refractivity (Wildman–Crippen MR) is 200 cm³/mol. The van der Waals surface area contributed by atoms with Crippen molar-refractivity contribution in [2.75, 3.05) is 54.2 Å². The molecule has 0 radical (unpaired) electrons. The van der Waals surface area contributed by atoms with E-state index in [0.29, 0.717) is 36.4 Å². The van der Waals surface area contributed by atoms with Gasteiger partial charge in [0.1, 0.15) is 0 Å². The van der Waals surface area contributed by atoms with Gasteiger partial charge in [-0.3, -0.25) is 0 Å². The first-order chi connectivity index (χ1) is 24.5. The Morgan fingerprint density at radius 2 is 0.980 bits per heavy atom. The third-order valence-electron chi connectivity index (χ3n) is 9.26. The molecular weight excluding hydrogens is 630 g/mol. The summed E-state index contributed by atoms with van der Waals surface area (Å²) in [6, 6.07) is 1.49. The molecule has 3 aromatic rings. The molecule has 3 aromatic heterocycles. The quantitative estimate of drug-likeness (QED) is 0.314. The van der Waals surface area contributed by atoms with Crippen LogP contribution >= 0.6 is 0 Å². The molecule has 12 heteroatoms. The van der Waals surface area contributed by atoms with Gasteiger partial charge in [-0.15, -0.1) is 0 Å². The second-order valence-electron chi connectivity index (χ2n) is 12.9. The monoisotopic (exact) mass is 691 g/mol. The topological polar surface area (TPSA) is 115 Å². The highest BCUT2D eigenvalue weighted by molar-refractivity contribution is 5.37. The lowest BCUT2D eigenvalue weighted by atomic mass is 10.2. The fourth-order valence-corrected chi connectivity index (χ4v) is 6.98. The summed E-state index contributed by atoms with van der Waals surface area (Å²) in [6.07, 6.45) is 18.4. The summed E-state index contributed by atoms with van der Waals surface area (Å²) in [4.78, 5) is 33.0. The number of ether oxygens (including phenoxy) is 3. The van der Waals surface area contributed by atoms with Crippen LogP contribution in [-0.2, 0) is 14.2 Å². The van der Waals surface area contributed by atoms with Crippen LogP contribution in [0.25, 0.3) is 0 Å². The van der Waals surface area contributed by atoms with E-state index in [9.17, 15) is 0 Å². The number of hydrogen-bond donors (Lipinski definition) is 0. The van der Waals surface area contributed by atoms with E-state index in [1.165, 1.54) is 25.7 Å². The number of hydrogen-bond acceptors (Lipinski definition) is 12. The van der Waals surface area contributed by atoms with E-state index in [0.717, 1.165) is 80.4 Å². The number of nitrogens with zero attached hydrogens (tertiary/aromatic N) is 9. The Morgan fingerprint density at radius 1 is 0.520 bits per heavy atom.